The number of likely N-dealkylation sites (tertiary alicyclic amines) is 1. The molecule has 6 nitrogen and oxygen atoms in total. The Balaban J connectivity index is 2.01. The largest absolute Gasteiger partial charge is 0.497 e. The third kappa shape index (κ3) is 3.71. The lowest BCUT2D eigenvalue weighted by Gasteiger charge is -2.25. The second-order valence-electron chi connectivity index (χ2n) is 6.32. The summed E-state index contributed by atoms with van der Waals surface area (Å²) in [6.45, 7) is 2.43. The van der Waals surface area contributed by atoms with Gasteiger partial charge in [0.25, 0.3) is 11.7 Å². The van der Waals surface area contributed by atoms with Gasteiger partial charge in [0.1, 0.15) is 5.75 Å². The first-order valence-electron chi connectivity index (χ1n) is 8.79. The second kappa shape index (κ2) is 8.05. The second-order valence-corrected chi connectivity index (χ2v) is 6.32. The quantitative estimate of drug-likeness (QED) is 0.607. The highest BCUT2D eigenvalue weighted by Gasteiger charge is 2.44. The molecule has 6 heteroatoms. The van der Waals surface area contributed by atoms with E-state index in [1.807, 2.05) is 61.5 Å². The Kier molecular flexibility index (Phi) is 5.57. The van der Waals surface area contributed by atoms with Crippen LogP contribution in [0.15, 0.2) is 65.9 Å². The van der Waals surface area contributed by atoms with Crippen LogP contribution in [0.25, 0.3) is 0 Å². The first-order valence-corrected chi connectivity index (χ1v) is 8.79. The fourth-order valence-electron chi connectivity index (χ4n) is 3.33. The lowest BCUT2D eigenvalue weighted by Crippen LogP contribution is -2.34. The van der Waals surface area contributed by atoms with Gasteiger partial charge in [-0.25, -0.2) is 0 Å². The summed E-state index contributed by atoms with van der Waals surface area (Å²) in [6.07, 6.45) is 0. The van der Waals surface area contributed by atoms with E-state index in [1.165, 1.54) is 0 Å². The molecule has 2 aromatic rings. The standard InChI is InChI=1S/C21H23N3O3/c1-14(23-16-8-10-17(27-2)11-9-16)18-19(15-6-4-3-5-7-15)24(13-12-22)21(26)20(18)25/h3-11,19,23H,12-13,22H2,1-2H3. The molecule has 1 unspecified atom stereocenters. The molecule has 1 atom stereocenters. The summed E-state index contributed by atoms with van der Waals surface area (Å²) in [5, 5.41) is 3.24. The van der Waals surface area contributed by atoms with Crippen molar-refractivity contribution in [1.29, 1.82) is 0 Å². The van der Waals surface area contributed by atoms with E-state index >= 15 is 0 Å². The summed E-state index contributed by atoms with van der Waals surface area (Å²) in [5.74, 6) is -0.259. The van der Waals surface area contributed by atoms with Crippen molar-refractivity contribution < 1.29 is 14.3 Å². The van der Waals surface area contributed by atoms with Crippen molar-refractivity contribution >= 4 is 17.4 Å². The number of nitrogens with zero attached hydrogens (tertiary/aromatic N) is 1. The van der Waals surface area contributed by atoms with Gasteiger partial charge < -0.3 is 20.7 Å². The Morgan fingerprint density at radius 2 is 1.78 bits per heavy atom. The van der Waals surface area contributed by atoms with Crippen LogP contribution >= 0.6 is 0 Å². The first kappa shape index (κ1) is 18.7. The Morgan fingerprint density at radius 1 is 1.11 bits per heavy atom. The van der Waals surface area contributed by atoms with Crippen LogP contribution in [0.5, 0.6) is 5.75 Å². The Bertz CT molecular complexity index is 860. The lowest BCUT2D eigenvalue weighted by atomic mass is 9.97. The third-order valence-electron chi connectivity index (χ3n) is 4.60. The van der Waals surface area contributed by atoms with Gasteiger partial charge in [-0.1, -0.05) is 30.3 Å². The van der Waals surface area contributed by atoms with E-state index in [2.05, 4.69) is 5.32 Å². The van der Waals surface area contributed by atoms with E-state index in [0.717, 1.165) is 17.0 Å². The van der Waals surface area contributed by atoms with Crippen LogP contribution < -0.4 is 15.8 Å². The molecule has 3 rings (SSSR count). The predicted molar refractivity (Wildman–Crippen MR) is 104 cm³/mol. The number of methoxy groups -OCH3 is 1. The Morgan fingerprint density at radius 3 is 2.37 bits per heavy atom. The van der Waals surface area contributed by atoms with Crippen molar-refractivity contribution in [3.63, 3.8) is 0 Å². The topological polar surface area (TPSA) is 84.7 Å². The number of ketones is 1. The molecule has 1 aliphatic heterocycles. The molecular formula is C21H23N3O3. The summed E-state index contributed by atoms with van der Waals surface area (Å²) in [5.41, 5.74) is 8.47. The monoisotopic (exact) mass is 365 g/mol. The number of carbonyl (C=O) groups is 2. The number of benzene rings is 2. The smallest absolute Gasteiger partial charge is 0.295 e. The average molecular weight is 365 g/mol. The fraction of sp³-hybridized carbons (Fsp3) is 0.238. The maximum absolute atomic E-state index is 12.8. The number of nitrogens with two attached hydrogens (primary N) is 1. The zero-order chi connectivity index (χ0) is 19.4. The maximum atomic E-state index is 12.8. The number of Topliss-reactive ketones (excluding diaryl/α,β-unsaturated/α-hetero) is 1. The number of hydrogen-bond acceptors (Lipinski definition) is 5. The molecule has 140 valence electrons. The van der Waals surface area contributed by atoms with Crippen LogP contribution in [0.1, 0.15) is 18.5 Å². The van der Waals surface area contributed by atoms with E-state index in [-0.39, 0.29) is 0 Å². The Labute approximate surface area is 158 Å². The van der Waals surface area contributed by atoms with Crippen molar-refractivity contribution in [2.45, 2.75) is 13.0 Å². The number of amides is 1. The van der Waals surface area contributed by atoms with E-state index in [4.69, 9.17) is 10.5 Å². The van der Waals surface area contributed by atoms with Crippen LogP contribution in [-0.2, 0) is 9.59 Å². The summed E-state index contributed by atoms with van der Waals surface area (Å²) in [4.78, 5) is 26.9. The SMILES string of the molecule is COc1ccc(NC(C)=C2C(=O)C(=O)N(CCN)C2c2ccccc2)cc1. The zero-order valence-corrected chi connectivity index (χ0v) is 15.4. The molecule has 3 N–H and O–H groups in total. The van der Waals surface area contributed by atoms with Crippen LogP contribution in [0.2, 0.25) is 0 Å². The minimum atomic E-state index is -0.514. The minimum absolute atomic E-state index is 0.292. The number of carbonyl (C=O) groups excluding carboxylic acids is 2. The van der Waals surface area contributed by atoms with Crippen LogP contribution in [-0.4, -0.2) is 36.8 Å². The van der Waals surface area contributed by atoms with E-state index in [0.29, 0.717) is 24.4 Å². The molecule has 1 aliphatic rings. The van der Waals surface area contributed by atoms with Crippen molar-refractivity contribution in [3.8, 4) is 5.75 Å². The molecule has 0 aliphatic carbocycles. The number of ether oxygens (including phenoxy) is 1. The van der Waals surface area contributed by atoms with Crippen molar-refractivity contribution in [3.05, 3.63) is 71.4 Å². The van der Waals surface area contributed by atoms with Crippen molar-refractivity contribution in [1.82, 2.24) is 4.90 Å². The highest BCUT2D eigenvalue weighted by atomic mass is 16.5. The van der Waals surface area contributed by atoms with Gasteiger partial charge in [0.05, 0.1) is 18.7 Å². The van der Waals surface area contributed by atoms with Gasteiger partial charge in [-0.3, -0.25) is 9.59 Å². The van der Waals surface area contributed by atoms with Crippen molar-refractivity contribution in [2.24, 2.45) is 5.73 Å². The highest BCUT2D eigenvalue weighted by Crippen LogP contribution is 2.37. The van der Waals surface area contributed by atoms with Crippen molar-refractivity contribution in [2.75, 3.05) is 25.5 Å². The predicted octanol–water partition coefficient (Wildman–Crippen LogP) is 2.49. The molecule has 0 saturated carbocycles. The van der Waals surface area contributed by atoms with Gasteiger partial charge in [0.15, 0.2) is 0 Å². The third-order valence-corrected chi connectivity index (χ3v) is 4.60. The number of hydrogen-bond donors (Lipinski definition) is 2. The van der Waals surface area contributed by atoms with Gasteiger partial charge in [0, 0.05) is 24.5 Å². The molecule has 1 amide bonds. The number of nitrogens with one attached hydrogen (secondary N) is 1. The molecule has 1 fully saturated rings. The molecule has 0 spiro atoms. The van der Waals surface area contributed by atoms with Crippen LogP contribution in [0.4, 0.5) is 5.69 Å². The summed E-state index contributed by atoms with van der Waals surface area (Å²) in [6, 6.07) is 16.5. The summed E-state index contributed by atoms with van der Waals surface area (Å²) >= 11 is 0. The summed E-state index contributed by atoms with van der Waals surface area (Å²) in [7, 11) is 1.61. The first-order chi connectivity index (χ1) is 13.1. The van der Waals surface area contributed by atoms with Gasteiger partial charge in [0.2, 0.25) is 0 Å². The molecule has 27 heavy (non-hydrogen) atoms. The highest BCUT2D eigenvalue weighted by molar-refractivity contribution is 6.45. The fourth-order valence-corrected chi connectivity index (χ4v) is 3.33. The minimum Gasteiger partial charge on any atom is -0.497 e. The normalized spacial score (nSPS) is 18.6. The molecule has 0 aromatic heterocycles. The van der Waals surface area contributed by atoms with Gasteiger partial charge >= 0.3 is 0 Å². The number of anilines is 1. The number of rotatable bonds is 6. The van der Waals surface area contributed by atoms with Gasteiger partial charge in [-0.05, 0) is 36.8 Å². The Hall–Kier alpha value is -3.12. The number of allylic oxidation sites excluding steroid dienone is 1. The molecule has 0 radical (unpaired) electrons. The van der Waals surface area contributed by atoms with E-state index < -0.39 is 17.7 Å². The average Bonchev–Trinajstić information content (AvgIpc) is 2.94. The summed E-state index contributed by atoms with van der Waals surface area (Å²) < 4.78 is 5.16. The molecular weight excluding hydrogens is 342 g/mol. The van der Waals surface area contributed by atoms with Gasteiger partial charge in [-0.15, -0.1) is 0 Å². The van der Waals surface area contributed by atoms with Crippen LogP contribution in [0, 0.1) is 0 Å². The van der Waals surface area contributed by atoms with Crippen LogP contribution in [0.3, 0.4) is 0 Å². The lowest BCUT2D eigenvalue weighted by molar-refractivity contribution is -0.139. The molecule has 1 heterocycles. The van der Waals surface area contributed by atoms with Gasteiger partial charge in [-0.2, -0.15) is 0 Å². The zero-order valence-electron chi connectivity index (χ0n) is 15.4. The molecule has 1 saturated heterocycles. The van der Waals surface area contributed by atoms with E-state index in [9.17, 15) is 9.59 Å². The van der Waals surface area contributed by atoms with E-state index in [1.54, 1.807) is 12.0 Å². The molecule has 2 aromatic carbocycles. The molecule has 0 bridgehead atoms. The maximum Gasteiger partial charge on any atom is 0.295 e.